The van der Waals surface area contributed by atoms with Crippen LogP contribution in [0.25, 0.3) is 10.8 Å². The fourth-order valence-corrected chi connectivity index (χ4v) is 4.27. The molecule has 0 aliphatic carbocycles. The second-order valence-corrected chi connectivity index (χ2v) is 8.12. The van der Waals surface area contributed by atoms with Crippen molar-refractivity contribution in [1.29, 1.82) is 0 Å². The average molecular weight is 420 g/mol. The molecule has 1 fully saturated rings. The lowest BCUT2D eigenvalue weighted by Gasteiger charge is -2.35. The van der Waals surface area contributed by atoms with Crippen LogP contribution in [0.4, 0.5) is 0 Å². The van der Waals surface area contributed by atoms with Gasteiger partial charge in [-0.2, -0.15) is 5.10 Å². The largest absolute Gasteiger partial charge is 0.354 e. The zero-order chi connectivity index (χ0) is 21.8. The summed E-state index contributed by atoms with van der Waals surface area (Å²) in [5, 5.41) is 12.6. The topological polar surface area (TPSA) is 79.3 Å². The highest BCUT2D eigenvalue weighted by molar-refractivity contribution is 5.89. The van der Waals surface area contributed by atoms with Gasteiger partial charge in [-0.25, -0.2) is 0 Å². The quantitative estimate of drug-likeness (QED) is 0.615. The van der Waals surface area contributed by atoms with E-state index in [0.717, 1.165) is 17.9 Å². The van der Waals surface area contributed by atoms with E-state index in [1.54, 1.807) is 0 Å². The van der Waals surface area contributed by atoms with Gasteiger partial charge in [-0.1, -0.05) is 42.5 Å². The van der Waals surface area contributed by atoms with E-state index in [0.29, 0.717) is 26.2 Å². The van der Waals surface area contributed by atoms with E-state index in [-0.39, 0.29) is 18.2 Å². The highest BCUT2D eigenvalue weighted by Gasteiger charge is 2.31. The summed E-state index contributed by atoms with van der Waals surface area (Å²) in [6.45, 7) is 7.00. The van der Waals surface area contributed by atoms with Gasteiger partial charge in [0.1, 0.15) is 0 Å². The Morgan fingerprint density at radius 3 is 2.81 bits per heavy atom. The van der Waals surface area contributed by atoms with E-state index >= 15 is 0 Å². The third-order valence-electron chi connectivity index (χ3n) is 5.82. The Bertz CT molecular complexity index is 1090. The molecule has 3 aromatic rings. The number of aromatic nitrogens is 2. The van der Waals surface area contributed by atoms with E-state index in [4.69, 9.17) is 0 Å². The van der Waals surface area contributed by atoms with E-state index in [1.807, 2.05) is 42.8 Å². The number of fused-ring (bicyclic) bond motifs is 1. The van der Waals surface area contributed by atoms with Crippen LogP contribution in [0.2, 0.25) is 0 Å². The number of benzene rings is 2. The lowest BCUT2D eigenvalue weighted by atomic mass is 10.0. The molecule has 1 saturated heterocycles. The van der Waals surface area contributed by atoms with Crippen molar-refractivity contribution in [3.8, 4) is 0 Å². The van der Waals surface area contributed by atoms with Gasteiger partial charge in [-0.05, 0) is 36.2 Å². The lowest BCUT2D eigenvalue weighted by Crippen LogP contribution is -2.56. The molecular formula is C24H29N5O2. The Morgan fingerprint density at radius 2 is 2.00 bits per heavy atom. The van der Waals surface area contributed by atoms with Gasteiger partial charge >= 0.3 is 0 Å². The minimum Gasteiger partial charge on any atom is -0.354 e. The number of carbonyl (C=O) groups excluding carboxylic acids is 2. The Morgan fingerprint density at radius 1 is 1.19 bits per heavy atom. The predicted octanol–water partition coefficient (Wildman–Crippen LogP) is 2.16. The van der Waals surface area contributed by atoms with Crippen LogP contribution in [0.15, 0.2) is 48.5 Å². The van der Waals surface area contributed by atoms with Crippen LogP contribution >= 0.6 is 0 Å². The Labute approximate surface area is 182 Å². The predicted molar refractivity (Wildman–Crippen MR) is 120 cm³/mol. The SMILES string of the molecule is Cc1cc(C)n(CCNC(=O)CC2C(=O)NCCN2Cc2cccc3ccccc23)n1. The monoisotopic (exact) mass is 419 g/mol. The number of nitrogens with zero attached hydrogens (tertiary/aromatic N) is 3. The van der Waals surface area contributed by atoms with Crippen molar-refractivity contribution in [3.05, 3.63) is 65.5 Å². The van der Waals surface area contributed by atoms with Crippen molar-refractivity contribution < 1.29 is 9.59 Å². The molecule has 0 spiro atoms. The van der Waals surface area contributed by atoms with Crippen LogP contribution in [0.1, 0.15) is 23.4 Å². The summed E-state index contributed by atoms with van der Waals surface area (Å²) in [5.74, 6) is -0.202. The van der Waals surface area contributed by atoms with E-state index in [1.165, 1.54) is 16.3 Å². The van der Waals surface area contributed by atoms with Crippen molar-refractivity contribution in [2.75, 3.05) is 19.6 Å². The molecule has 2 amide bonds. The molecule has 7 heteroatoms. The molecule has 0 bridgehead atoms. The van der Waals surface area contributed by atoms with Crippen molar-refractivity contribution in [2.45, 2.75) is 39.4 Å². The summed E-state index contributed by atoms with van der Waals surface area (Å²) >= 11 is 0. The third-order valence-corrected chi connectivity index (χ3v) is 5.82. The van der Waals surface area contributed by atoms with Gasteiger partial charge in [0.05, 0.1) is 24.7 Å². The van der Waals surface area contributed by atoms with Gasteiger partial charge in [0.15, 0.2) is 0 Å². The van der Waals surface area contributed by atoms with Crippen molar-refractivity contribution in [3.63, 3.8) is 0 Å². The highest BCUT2D eigenvalue weighted by Crippen LogP contribution is 2.22. The van der Waals surface area contributed by atoms with E-state index < -0.39 is 6.04 Å². The fourth-order valence-electron chi connectivity index (χ4n) is 4.27. The van der Waals surface area contributed by atoms with Crippen LogP contribution in [-0.2, 0) is 22.7 Å². The highest BCUT2D eigenvalue weighted by atomic mass is 16.2. The molecule has 31 heavy (non-hydrogen) atoms. The number of carbonyl (C=O) groups is 2. The standard InChI is InChI=1S/C24H29N5O2/c1-17-14-18(2)29(27-17)13-11-25-23(30)15-22-24(31)26-10-12-28(22)16-20-8-5-7-19-6-3-4-9-21(19)20/h3-9,14,22H,10-13,15-16H2,1-2H3,(H,25,30)(H,26,31). The molecule has 1 aromatic heterocycles. The van der Waals surface area contributed by atoms with Gasteiger partial charge in [-0.15, -0.1) is 0 Å². The first kappa shape index (κ1) is 21.1. The molecule has 1 atom stereocenters. The normalized spacial score (nSPS) is 17.0. The van der Waals surface area contributed by atoms with Crippen LogP contribution in [0.3, 0.4) is 0 Å². The molecule has 0 saturated carbocycles. The number of rotatable bonds is 7. The summed E-state index contributed by atoms with van der Waals surface area (Å²) in [6.07, 6.45) is 0.147. The smallest absolute Gasteiger partial charge is 0.237 e. The van der Waals surface area contributed by atoms with Crippen LogP contribution in [0.5, 0.6) is 0 Å². The van der Waals surface area contributed by atoms with Gasteiger partial charge in [-0.3, -0.25) is 19.2 Å². The average Bonchev–Trinajstić information content (AvgIpc) is 3.08. The molecule has 2 heterocycles. The second-order valence-electron chi connectivity index (χ2n) is 8.12. The first-order chi connectivity index (χ1) is 15.0. The van der Waals surface area contributed by atoms with Crippen molar-refractivity contribution in [2.24, 2.45) is 0 Å². The molecule has 4 rings (SSSR count). The molecule has 7 nitrogen and oxygen atoms in total. The minimum atomic E-state index is -0.471. The minimum absolute atomic E-state index is 0.0832. The van der Waals surface area contributed by atoms with Gasteiger partial charge in [0.25, 0.3) is 0 Å². The lowest BCUT2D eigenvalue weighted by molar-refractivity contribution is -0.134. The fraction of sp³-hybridized carbons (Fsp3) is 0.375. The first-order valence-electron chi connectivity index (χ1n) is 10.8. The van der Waals surface area contributed by atoms with Crippen LogP contribution in [0, 0.1) is 13.8 Å². The molecule has 2 N–H and O–H groups in total. The number of piperazine rings is 1. The van der Waals surface area contributed by atoms with E-state index in [9.17, 15) is 9.59 Å². The van der Waals surface area contributed by atoms with Gasteiger partial charge in [0, 0.05) is 31.9 Å². The molecule has 1 aliphatic rings. The summed E-state index contributed by atoms with van der Waals surface area (Å²) in [6, 6.07) is 16.0. The molecule has 1 unspecified atom stereocenters. The summed E-state index contributed by atoms with van der Waals surface area (Å²) < 4.78 is 1.88. The summed E-state index contributed by atoms with van der Waals surface area (Å²) in [7, 11) is 0. The van der Waals surface area contributed by atoms with Crippen LogP contribution < -0.4 is 10.6 Å². The number of hydrogen-bond acceptors (Lipinski definition) is 4. The molecule has 0 radical (unpaired) electrons. The maximum atomic E-state index is 12.6. The zero-order valence-corrected chi connectivity index (χ0v) is 18.1. The second kappa shape index (κ2) is 9.31. The molecular weight excluding hydrogens is 390 g/mol. The maximum Gasteiger partial charge on any atom is 0.237 e. The number of nitrogens with one attached hydrogen (secondary N) is 2. The number of amides is 2. The van der Waals surface area contributed by atoms with E-state index in [2.05, 4.69) is 44.9 Å². The number of aryl methyl sites for hydroxylation is 2. The molecule has 1 aliphatic heterocycles. The van der Waals surface area contributed by atoms with Crippen molar-refractivity contribution in [1.82, 2.24) is 25.3 Å². The van der Waals surface area contributed by atoms with Gasteiger partial charge in [0.2, 0.25) is 11.8 Å². The Balaban J connectivity index is 1.39. The van der Waals surface area contributed by atoms with Crippen molar-refractivity contribution >= 4 is 22.6 Å². The molecule has 162 valence electrons. The maximum absolute atomic E-state index is 12.6. The van der Waals surface area contributed by atoms with Gasteiger partial charge < -0.3 is 10.6 Å². The summed E-state index contributed by atoms with van der Waals surface area (Å²) in [4.78, 5) is 27.3. The Kier molecular flexibility index (Phi) is 6.32. The zero-order valence-electron chi connectivity index (χ0n) is 18.1. The third kappa shape index (κ3) is 4.94. The summed E-state index contributed by atoms with van der Waals surface area (Å²) in [5.41, 5.74) is 3.20. The first-order valence-corrected chi connectivity index (χ1v) is 10.8. The Hall–Kier alpha value is -3.19. The molecule has 2 aromatic carbocycles. The van der Waals surface area contributed by atoms with Crippen LogP contribution in [-0.4, -0.2) is 52.2 Å². The number of hydrogen-bond donors (Lipinski definition) is 2.